The summed E-state index contributed by atoms with van der Waals surface area (Å²) in [7, 11) is 0. The van der Waals surface area contributed by atoms with Gasteiger partial charge in [0.25, 0.3) is 0 Å². The number of aromatic carboxylic acids is 1. The fourth-order valence-electron chi connectivity index (χ4n) is 2.66. The summed E-state index contributed by atoms with van der Waals surface area (Å²) in [6, 6.07) is 14.5. The fraction of sp³-hybridized carbons (Fsp3) is 0.222. The number of carbonyl (C=O) groups is 1. The van der Waals surface area contributed by atoms with Gasteiger partial charge in [-0.15, -0.1) is 11.3 Å². The molecule has 0 aliphatic heterocycles. The number of carboxylic acids is 1. The molecule has 0 bridgehead atoms. The summed E-state index contributed by atoms with van der Waals surface area (Å²) < 4.78 is 0. The highest BCUT2D eigenvalue weighted by Gasteiger charge is 2.17. The molecular formula is C18H17NO2S. The number of hydrogen-bond donors (Lipinski definition) is 1. The highest BCUT2D eigenvalue weighted by Crippen LogP contribution is 2.26. The number of aryl methyl sites for hydroxylation is 1. The summed E-state index contributed by atoms with van der Waals surface area (Å²) in [6.07, 6.45) is 2.29. The van der Waals surface area contributed by atoms with Crippen LogP contribution in [0.5, 0.6) is 0 Å². The van der Waals surface area contributed by atoms with Crippen molar-refractivity contribution in [2.45, 2.75) is 26.2 Å². The quantitative estimate of drug-likeness (QED) is 0.752. The molecular weight excluding hydrogens is 294 g/mol. The maximum absolute atomic E-state index is 11.3. The fourth-order valence-corrected chi connectivity index (χ4v) is 3.63. The number of aromatic nitrogens is 1. The predicted molar refractivity (Wildman–Crippen MR) is 89.8 cm³/mol. The number of hydrogen-bond acceptors (Lipinski definition) is 3. The van der Waals surface area contributed by atoms with Crippen molar-refractivity contribution in [1.82, 2.24) is 4.98 Å². The SMILES string of the molecule is CCCc1nc(Cc2cccc3ccccc23)sc1C(=O)O. The Balaban J connectivity index is 1.98. The molecule has 0 aliphatic carbocycles. The highest BCUT2D eigenvalue weighted by atomic mass is 32.1. The molecule has 0 spiro atoms. The lowest BCUT2D eigenvalue weighted by atomic mass is 10.0. The van der Waals surface area contributed by atoms with Crippen LogP contribution in [0.25, 0.3) is 10.8 Å². The van der Waals surface area contributed by atoms with Gasteiger partial charge in [0.1, 0.15) is 4.88 Å². The normalized spacial score (nSPS) is 11.0. The molecule has 3 rings (SSSR count). The van der Waals surface area contributed by atoms with Crippen LogP contribution in [0.1, 0.15) is 39.3 Å². The van der Waals surface area contributed by atoms with Crippen LogP contribution in [-0.2, 0) is 12.8 Å². The van der Waals surface area contributed by atoms with Crippen LogP contribution in [0, 0.1) is 0 Å². The third-order valence-corrected chi connectivity index (χ3v) is 4.73. The molecule has 0 fully saturated rings. The highest BCUT2D eigenvalue weighted by molar-refractivity contribution is 7.13. The zero-order chi connectivity index (χ0) is 15.5. The first-order valence-corrected chi connectivity index (χ1v) is 8.19. The first-order chi connectivity index (χ1) is 10.7. The molecule has 1 N–H and O–H groups in total. The Morgan fingerprint density at radius 3 is 2.73 bits per heavy atom. The standard InChI is InChI=1S/C18H17NO2S/c1-2-6-15-17(18(20)21)22-16(19-15)11-13-9-5-8-12-7-3-4-10-14(12)13/h3-5,7-10H,2,6,11H2,1H3,(H,20,21). The minimum atomic E-state index is -0.870. The molecule has 1 heterocycles. The molecule has 0 aliphatic rings. The average molecular weight is 311 g/mol. The van der Waals surface area contributed by atoms with Crippen molar-refractivity contribution in [3.05, 3.63) is 63.6 Å². The number of thiazole rings is 1. The van der Waals surface area contributed by atoms with Crippen LogP contribution in [0.3, 0.4) is 0 Å². The van der Waals surface area contributed by atoms with E-state index in [1.54, 1.807) is 0 Å². The molecule has 3 nitrogen and oxygen atoms in total. The van der Waals surface area contributed by atoms with Crippen molar-refractivity contribution in [1.29, 1.82) is 0 Å². The molecule has 3 aromatic rings. The molecule has 0 atom stereocenters. The monoisotopic (exact) mass is 311 g/mol. The largest absolute Gasteiger partial charge is 0.477 e. The van der Waals surface area contributed by atoms with Gasteiger partial charge in [-0.2, -0.15) is 0 Å². The maximum Gasteiger partial charge on any atom is 0.347 e. The second-order valence-corrected chi connectivity index (χ2v) is 6.34. The molecule has 0 saturated carbocycles. The van der Waals surface area contributed by atoms with Gasteiger partial charge in [-0.3, -0.25) is 0 Å². The zero-order valence-electron chi connectivity index (χ0n) is 12.4. The molecule has 1 aromatic heterocycles. The van der Waals surface area contributed by atoms with E-state index in [9.17, 15) is 9.90 Å². The van der Waals surface area contributed by atoms with Gasteiger partial charge in [0.2, 0.25) is 0 Å². The van der Waals surface area contributed by atoms with Crippen LogP contribution >= 0.6 is 11.3 Å². The Hall–Kier alpha value is -2.20. The Kier molecular flexibility index (Phi) is 4.20. The van der Waals surface area contributed by atoms with E-state index in [0.29, 0.717) is 17.7 Å². The Bertz CT molecular complexity index is 818. The van der Waals surface area contributed by atoms with Gasteiger partial charge >= 0.3 is 5.97 Å². The topological polar surface area (TPSA) is 50.2 Å². The lowest BCUT2D eigenvalue weighted by Gasteiger charge is -2.04. The molecule has 4 heteroatoms. The van der Waals surface area contributed by atoms with Gasteiger partial charge in [-0.25, -0.2) is 9.78 Å². The second kappa shape index (κ2) is 6.28. The van der Waals surface area contributed by atoms with Crippen LogP contribution < -0.4 is 0 Å². The van der Waals surface area contributed by atoms with E-state index in [1.807, 2.05) is 25.1 Å². The van der Waals surface area contributed by atoms with Crippen LogP contribution in [0.15, 0.2) is 42.5 Å². The van der Waals surface area contributed by atoms with Gasteiger partial charge < -0.3 is 5.11 Å². The van der Waals surface area contributed by atoms with Gasteiger partial charge in [-0.1, -0.05) is 55.8 Å². The molecule has 0 unspecified atom stereocenters. The minimum absolute atomic E-state index is 0.386. The maximum atomic E-state index is 11.3. The van der Waals surface area contributed by atoms with Crippen LogP contribution in [0.4, 0.5) is 0 Å². The Labute approximate surface area is 133 Å². The number of rotatable bonds is 5. The van der Waals surface area contributed by atoms with Crippen molar-refractivity contribution in [2.75, 3.05) is 0 Å². The van der Waals surface area contributed by atoms with Crippen molar-refractivity contribution < 1.29 is 9.90 Å². The zero-order valence-corrected chi connectivity index (χ0v) is 13.2. The first-order valence-electron chi connectivity index (χ1n) is 7.37. The third-order valence-electron chi connectivity index (χ3n) is 3.64. The molecule has 22 heavy (non-hydrogen) atoms. The number of benzene rings is 2. The van der Waals surface area contributed by atoms with E-state index in [2.05, 4.69) is 29.2 Å². The van der Waals surface area contributed by atoms with Crippen molar-refractivity contribution in [3.63, 3.8) is 0 Å². The van der Waals surface area contributed by atoms with Crippen molar-refractivity contribution in [3.8, 4) is 0 Å². The van der Waals surface area contributed by atoms with E-state index in [0.717, 1.165) is 17.1 Å². The Morgan fingerprint density at radius 2 is 1.95 bits per heavy atom. The molecule has 0 amide bonds. The lowest BCUT2D eigenvalue weighted by Crippen LogP contribution is -1.98. The molecule has 2 aromatic carbocycles. The average Bonchev–Trinajstić information content (AvgIpc) is 2.91. The van der Waals surface area contributed by atoms with E-state index in [4.69, 9.17) is 0 Å². The first kappa shape index (κ1) is 14.7. The smallest absolute Gasteiger partial charge is 0.347 e. The summed E-state index contributed by atoms with van der Waals surface area (Å²) in [5.41, 5.74) is 1.90. The van der Waals surface area contributed by atoms with Crippen molar-refractivity contribution >= 4 is 28.1 Å². The molecule has 112 valence electrons. The van der Waals surface area contributed by atoms with Crippen LogP contribution in [0.2, 0.25) is 0 Å². The third kappa shape index (κ3) is 2.88. The second-order valence-electron chi connectivity index (χ2n) is 5.25. The van der Waals surface area contributed by atoms with Crippen LogP contribution in [-0.4, -0.2) is 16.1 Å². The summed E-state index contributed by atoms with van der Waals surface area (Å²) in [6.45, 7) is 2.04. The predicted octanol–water partition coefficient (Wildman–Crippen LogP) is 4.54. The van der Waals surface area contributed by atoms with E-state index < -0.39 is 5.97 Å². The van der Waals surface area contributed by atoms with E-state index >= 15 is 0 Å². The van der Waals surface area contributed by atoms with Gasteiger partial charge in [0.15, 0.2) is 0 Å². The summed E-state index contributed by atoms with van der Waals surface area (Å²) in [5, 5.41) is 12.6. The van der Waals surface area contributed by atoms with Gasteiger partial charge in [0.05, 0.1) is 10.7 Å². The summed E-state index contributed by atoms with van der Waals surface area (Å²) in [5.74, 6) is -0.870. The van der Waals surface area contributed by atoms with E-state index in [1.165, 1.54) is 27.7 Å². The Morgan fingerprint density at radius 1 is 1.18 bits per heavy atom. The lowest BCUT2D eigenvalue weighted by molar-refractivity contribution is 0.0700. The summed E-state index contributed by atoms with van der Waals surface area (Å²) in [4.78, 5) is 16.3. The number of fused-ring (bicyclic) bond motifs is 1. The van der Waals surface area contributed by atoms with Gasteiger partial charge in [-0.05, 0) is 22.8 Å². The molecule has 0 saturated heterocycles. The van der Waals surface area contributed by atoms with E-state index in [-0.39, 0.29) is 0 Å². The number of carboxylic acid groups (broad SMARTS) is 1. The van der Waals surface area contributed by atoms with Gasteiger partial charge in [0, 0.05) is 6.42 Å². The number of nitrogens with zero attached hydrogens (tertiary/aromatic N) is 1. The van der Waals surface area contributed by atoms with Crippen molar-refractivity contribution in [2.24, 2.45) is 0 Å². The summed E-state index contributed by atoms with van der Waals surface area (Å²) >= 11 is 1.30. The minimum Gasteiger partial charge on any atom is -0.477 e. The molecule has 0 radical (unpaired) electrons.